The Morgan fingerprint density at radius 1 is 1.53 bits per heavy atom. The first-order valence-electron chi connectivity index (χ1n) is 5.15. The van der Waals surface area contributed by atoms with Crippen LogP contribution in [0.15, 0.2) is 18.2 Å². The van der Waals surface area contributed by atoms with E-state index < -0.39 is 0 Å². The summed E-state index contributed by atoms with van der Waals surface area (Å²) in [6.07, 6.45) is 0. The third-order valence-corrected chi connectivity index (χ3v) is 3.64. The summed E-state index contributed by atoms with van der Waals surface area (Å²) in [6, 6.07) is 4.58. The molecule has 1 aromatic carbocycles. The lowest BCUT2D eigenvalue weighted by Crippen LogP contribution is -2.44. The molecule has 0 radical (unpaired) electrons. The van der Waals surface area contributed by atoms with Crippen LogP contribution in [-0.2, 0) is 0 Å². The van der Waals surface area contributed by atoms with Crippen LogP contribution >= 0.6 is 15.9 Å². The van der Waals surface area contributed by atoms with Crippen LogP contribution in [0.2, 0.25) is 0 Å². The third-order valence-electron chi connectivity index (χ3n) is 2.24. The summed E-state index contributed by atoms with van der Waals surface area (Å²) in [7, 11) is 1.50. The first kappa shape index (κ1) is 13.8. The number of carbonyl (C=O) groups excluding carboxylic acids is 1. The Balaban J connectivity index is 2.90. The van der Waals surface area contributed by atoms with Gasteiger partial charge in [0.1, 0.15) is 11.5 Å². The van der Waals surface area contributed by atoms with Crippen molar-refractivity contribution in [1.29, 1.82) is 0 Å². The Hall–Kier alpha value is -1.23. The molecule has 1 amide bonds. The molecule has 0 aliphatic heterocycles. The van der Waals surface area contributed by atoms with Crippen molar-refractivity contribution in [3.05, 3.63) is 23.8 Å². The summed E-state index contributed by atoms with van der Waals surface area (Å²) < 4.78 is 4.95. The van der Waals surface area contributed by atoms with E-state index in [2.05, 4.69) is 21.2 Å². The highest BCUT2D eigenvalue weighted by molar-refractivity contribution is 9.09. The molecule has 4 nitrogen and oxygen atoms in total. The van der Waals surface area contributed by atoms with E-state index in [-0.39, 0.29) is 22.8 Å². The van der Waals surface area contributed by atoms with Crippen molar-refractivity contribution in [1.82, 2.24) is 5.32 Å². The van der Waals surface area contributed by atoms with E-state index in [1.807, 2.05) is 13.8 Å². The maximum Gasteiger partial charge on any atom is 0.255 e. The number of aromatic hydroxyl groups is 1. The molecule has 0 heterocycles. The van der Waals surface area contributed by atoms with Gasteiger partial charge in [-0.1, -0.05) is 15.9 Å². The first-order valence-corrected chi connectivity index (χ1v) is 6.27. The molecule has 0 aromatic heterocycles. The minimum atomic E-state index is -0.372. The molecule has 2 N–H and O–H groups in total. The Morgan fingerprint density at radius 2 is 2.18 bits per heavy atom. The second-order valence-electron chi connectivity index (χ2n) is 4.35. The maximum absolute atomic E-state index is 11.9. The molecule has 0 unspecified atom stereocenters. The molecule has 94 valence electrons. The second-order valence-corrected chi connectivity index (χ2v) is 4.92. The summed E-state index contributed by atoms with van der Waals surface area (Å²) in [5, 5.41) is 13.2. The van der Waals surface area contributed by atoms with Gasteiger partial charge in [-0.25, -0.2) is 0 Å². The molecule has 0 atom stereocenters. The SMILES string of the molecule is COc1ccc(C(=O)NC(C)(C)CBr)c(O)c1. The summed E-state index contributed by atoms with van der Waals surface area (Å²) in [6.45, 7) is 3.78. The summed E-state index contributed by atoms with van der Waals surface area (Å²) in [4.78, 5) is 11.9. The van der Waals surface area contributed by atoms with Gasteiger partial charge in [0.05, 0.1) is 12.7 Å². The van der Waals surface area contributed by atoms with Gasteiger partial charge in [-0.15, -0.1) is 0 Å². The summed E-state index contributed by atoms with van der Waals surface area (Å²) >= 11 is 3.32. The number of hydrogen-bond donors (Lipinski definition) is 2. The van der Waals surface area contributed by atoms with Gasteiger partial charge in [-0.05, 0) is 26.0 Å². The number of phenolic OH excluding ortho intramolecular Hbond substituents is 1. The van der Waals surface area contributed by atoms with Crippen molar-refractivity contribution in [3.8, 4) is 11.5 Å². The Labute approximate surface area is 109 Å². The van der Waals surface area contributed by atoms with Gasteiger partial charge < -0.3 is 15.2 Å². The van der Waals surface area contributed by atoms with E-state index >= 15 is 0 Å². The Bertz CT molecular complexity index is 418. The number of carbonyl (C=O) groups is 1. The van der Waals surface area contributed by atoms with E-state index in [0.717, 1.165) is 0 Å². The lowest BCUT2D eigenvalue weighted by atomic mass is 10.1. The smallest absolute Gasteiger partial charge is 0.255 e. The van der Waals surface area contributed by atoms with Crippen LogP contribution in [0.5, 0.6) is 11.5 Å². The Kier molecular flexibility index (Phi) is 4.40. The van der Waals surface area contributed by atoms with Crippen molar-refractivity contribution < 1.29 is 14.6 Å². The zero-order valence-corrected chi connectivity index (χ0v) is 11.7. The van der Waals surface area contributed by atoms with E-state index in [1.165, 1.54) is 19.2 Å². The number of ether oxygens (including phenoxy) is 1. The molecule has 0 saturated carbocycles. The zero-order chi connectivity index (χ0) is 13.1. The van der Waals surface area contributed by atoms with E-state index in [1.54, 1.807) is 6.07 Å². The quantitative estimate of drug-likeness (QED) is 0.839. The second kappa shape index (κ2) is 5.40. The van der Waals surface area contributed by atoms with Crippen molar-refractivity contribution >= 4 is 21.8 Å². The van der Waals surface area contributed by atoms with Crippen LogP contribution in [0.3, 0.4) is 0 Å². The van der Waals surface area contributed by atoms with E-state index in [0.29, 0.717) is 11.1 Å². The number of amides is 1. The number of methoxy groups -OCH3 is 1. The highest BCUT2D eigenvalue weighted by Crippen LogP contribution is 2.23. The highest BCUT2D eigenvalue weighted by atomic mass is 79.9. The highest BCUT2D eigenvalue weighted by Gasteiger charge is 2.21. The maximum atomic E-state index is 11.9. The lowest BCUT2D eigenvalue weighted by molar-refractivity contribution is 0.0918. The van der Waals surface area contributed by atoms with Gasteiger partial charge in [-0.3, -0.25) is 4.79 Å². The number of nitrogens with one attached hydrogen (secondary N) is 1. The zero-order valence-electron chi connectivity index (χ0n) is 10.1. The van der Waals surface area contributed by atoms with Crippen LogP contribution in [0, 0.1) is 0 Å². The first-order chi connectivity index (χ1) is 7.89. The fourth-order valence-corrected chi connectivity index (χ4v) is 1.38. The number of benzene rings is 1. The summed E-state index contributed by atoms with van der Waals surface area (Å²) in [5.41, 5.74) is -0.136. The van der Waals surface area contributed by atoms with Crippen LogP contribution in [0.1, 0.15) is 24.2 Å². The number of alkyl halides is 1. The molecule has 1 aromatic rings. The van der Waals surface area contributed by atoms with Crippen LogP contribution in [-0.4, -0.2) is 29.0 Å². The minimum Gasteiger partial charge on any atom is -0.507 e. The van der Waals surface area contributed by atoms with Crippen molar-refractivity contribution in [2.24, 2.45) is 0 Å². The van der Waals surface area contributed by atoms with Gasteiger partial charge in [-0.2, -0.15) is 0 Å². The third kappa shape index (κ3) is 3.63. The van der Waals surface area contributed by atoms with Gasteiger partial charge in [0.25, 0.3) is 5.91 Å². The van der Waals surface area contributed by atoms with Crippen molar-refractivity contribution in [2.45, 2.75) is 19.4 Å². The van der Waals surface area contributed by atoms with E-state index in [4.69, 9.17) is 4.74 Å². The molecule has 1 rings (SSSR count). The molecule has 0 spiro atoms. The number of hydrogen-bond acceptors (Lipinski definition) is 3. The standard InChI is InChI=1S/C12H16BrNO3/c1-12(2,7-13)14-11(16)9-5-4-8(17-3)6-10(9)15/h4-6,15H,7H2,1-3H3,(H,14,16). The topological polar surface area (TPSA) is 58.6 Å². The minimum absolute atomic E-state index is 0.0905. The average Bonchev–Trinajstić information content (AvgIpc) is 2.28. The Morgan fingerprint density at radius 3 is 2.65 bits per heavy atom. The molecule has 5 heteroatoms. The fourth-order valence-electron chi connectivity index (χ4n) is 1.24. The summed E-state index contributed by atoms with van der Waals surface area (Å²) in [5.74, 6) is 0.112. The van der Waals surface area contributed by atoms with Crippen molar-refractivity contribution in [3.63, 3.8) is 0 Å². The molecule has 0 aliphatic carbocycles. The fraction of sp³-hybridized carbons (Fsp3) is 0.417. The number of rotatable bonds is 4. The average molecular weight is 302 g/mol. The van der Waals surface area contributed by atoms with E-state index in [9.17, 15) is 9.90 Å². The monoisotopic (exact) mass is 301 g/mol. The van der Waals surface area contributed by atoms with Crippen LogP contribution in [0.25, 0.3) is 0 Å². The molecule has 0 bridgehead atoms. The number of halogens is 1. The van der Waals surface area contributed by atoms with Gasteiger partial charge in [0.2, 0.25) is 0 Å². The number of phenols is 1. The molecule has 0 fully saturated rings. The molecule has 0 aliphatic rings. The predicted octanol–water partition coefficient (Wildman–Crippen LogP) is 2.30. The predicted molar refractivity (Wildman–Crippen MR) is 70.0 cm³/mol. The largest absolute Gasteiger partial charge is 0.507 e. The normalized spacial score (nSPS) is 11.1. The molecular formula is C12H16BrNO3. The van der Waals surface area contributed by atoms with Crippen molar-refractivity contribution in [2.75, 3.05) is 12.4 Å². The van der Waals surface area contributed by atoms with Crippen LogP contribution in [0.4, 0.5) is 0 Å². The lowest BCUT2D eigenvalue weighted by Gasteiger charge is -2.23. The van der Waals surface area contributed by atoms with Gasteiger partial charge in [0.15, 0.2) is 0 Å². The molecular weight excluding hydrogens is 286 g/mol. The van der Waals surface area contributed by atoms with Crippen LogP contribution < -0.4 is 10.1 Å². The van der Waals surface area contributed by atoms with Gasteiger partial charge in [0, 0.05) is 16.9 Å². The van der Waals surface area contributed by atoms with Gasteiger partial charge >= 0.3 is 0 Å². The molecule has 17 heavy (non-hydrogen) atoms. The molecule has 0 saturated heterocycles.